The van der Waals surface area contributed by atoms with Crippen molar-refractivity contribution in [3.05, 3.63) is 64.7 Å². The number of hydrogen-bond donors (Lipinski definition) is 1. The number of carbonyl (C=O) groups excluding carboxylic acids is 2. The molecule has 0 radical (unpaired) electrons. The number of nitrogens with zero attached hydrogens (tertiary/aromatic N) is 3. The first-order chi connectivity index (χ1) is 14.2. The summed E-state index contributed by atoms with van der Waals surface area (Å²) in [6, 6.07) is 15.2. The largest absolute Gasteiger partial charge is 0.320 e. The van der Waals surface area contributed by atoms with Crippen LogP contribution in [0, 0.1) is 10.1 Å². The first kappa shape index (κ1) is 21.5. The number of nitro groups is 1. The number of hydrogen-bond acceptors (Lipinski definition) is 6. The average molecular weight is 426 g/mol. The molecule has 30 heavy (non-hydrogen) atoms. The molecular formula is C21H22N4O4S. The van der Waals surface area contributed by atoms with Crippen LogP contribution < -0.4 is 5.32 Å². The zero-order valence-corrected chi connectivity index (χ0v) is 17.7. The first-order valence-corrected chi connectivity index (χ1v) is 10.2. The van der Waals surface area contributed by atoms with E-state index in [9.17, 15) is 19.7 Å². The Morgan fingerprint density at radius 2 is 1.80 bits per heavy atom. The first-order valence-electron chi connectivity index (χ1n) is 9.34. The van der Waals surface area contributed by atoms with Gasteiger partial charge in [0.05, 0.1) is 10.6 Å². The van der Waals surface area contributed by atoms with E-state index in [4.69, 9.17) is 0 Å². The van der Waals surface area contributed by atoms with Crippen molar-refractivity contribution in [3.63, 3.8) is 0 Å². The number of carbonyl (C=O) groups is 2. The number of nitro benzene ring substituents is 1. The van der Waals surface area contributed by atoms with Crippen LogP contribution in [-0.4, -0.2) is 37.6 Å². The Hall–Kier alpha value is -3.20. The molecule has 1 aliphatic heterocycles. The smallest absolute Gasteiger partial charge is 0.292 e. The quantitative estimate of drug-likeness (QED) is 0.565. The number of amidine groups is 1. The number of nitrogens with one attached hydrogen (secondary N) is 1. The lowest BCUT2D eigenvalue weighted by Crippen LogP contribution is -2.46. The molecule has 0 saturated carbocycles. The van der Waals surface area contributed by atoms with Gasteiger partial charge in [0.15, 0.2) is 5.17 Å². The fourth-order valence-electron chi connectivity index (χ4n) is 3.01. The standard InChI is InChI=1S/C21H22N4O4S/c1-21(2,3)24-19(27)17(30-20(24)22-14-9-5-4-6-10-14)13-18(26)23-15-11-7-8-12-16(15)25(28)29/h4-12,17H,13H2,1-3H3,(H,23,26)/t17-/m1/s1. The van der Waals surface area contributed by atoms with Crippen molar-refractivity contribution in [3.8, 4) is 0 Å². The van der Waals surface area contributed by atoms with Gasteiger partial charge in [-0.2, -0.15) is 0 Å². The number of amides is 2. The lowest BCUT2D eigenvalue weighted by molar-refractivity contribution is -0.383. The topological polar surface area (TPSA) is 105 Å². The Morgan fingerprint density at radius 1 is 1.17 bits per heavy atom. The highest BCUT2D eigenvalue weighted by molar-refractivity contribution is 8.15. The van der Waals surface area contributed by atoms with Gasteiger partial charge in [0.2, 0.25) is 11.8 Å². The molecule has 1 N–H and O–H groups in total. The van der Waals surface area contributed by atoms with Crippen LogP contribution in [0.5, 0.6) is 0 Å². The van der Waals surface area contributed by atoms with Crippen LogP contribution in [-0.2, 0) is 9.59 Å². The van der Waals surface area contributed by atoms with Gasteiger partial charge >= 0.3 is 0 Å². The number of aliphatic imine (C=N–C) groups is 1. The molecule has 1 aliphatic rings. The molecule has 1 atom stereocenters. The third kappa shape index (κ3) is 4.85. The Kier molecular flexibility index (Phi) is 6.21. The van der Waals surface area contributed by atoms with Gasteiger partial charge in [0.1, 0.15) is 10.9 Å². The van der Waals surface area contributed by atoms with E-state index in [1.54, 1.807) is 11.0 Å². The van der Waals surface area contributed by atoms with Crippen LogP contribution in [0.1, 0.15) is 27.2 Å². The molecule has 8 nitrogen and oxygen atoms in total. The molecular weight excluding hydrogens is 404 g/mol. The third-order valence-corrected chi connectivity index (χ3v) is 5.47. The number of rotatable bonds is 5. The van der Waals surface area contributed by atoms with E-state index in [2.05, 4.69) is 10.3 Å². The summed E-state index contributed by atoms with van der Waals surface area (Å²) >= 11 is 1.23. The molecule has 1 saturated heterocycles. The normalized spacial score (nSPS) is 18.0. The van der Waals surface area contributed by atoms with E-state index >= 15 is 0 Å². The summed E-state index contributed by atoms with van der Waals surface area (Å²) in [6.07, 6.45) is -0.115. The molecule has 0 bridgehead atoms. The highest BCUT2D eigenvalue weighted by Crippen LogP contribution is 2.36. The van der Waals surface area contributed by atoms with E-state index in [1.165, 1.54) is 30.0 Å². The van der Waals surface area contributed by atoms with Crippen molar-refractivity contribution >= 4 is 45.8 Å². The molecule has 1 heterocycles. The van der Waals surface area contributed by atoms with Gasteiger partial charge in [0, 0.05) is 18.0 Å². The summed E-state index contributed by atoms with van der Waals surface area (Å²) in [4.78, 5) is 42.4. The van der Waals surface area contributed by atoms with Crippen molar-refractivity contribution in [2.45, 2.75) is 38.0 Å². The summed E-state index contributed by atoms with van der Waals surface area (Å²) in [6.45, 7) is 5.71. The minimum Gasteiger partial charge on any atom is -0.320 e. The molecule has 0 aromatic heterocycles. The minimum atomic E-state index is -0.658. The molecule has 0 aliphatic carbocycles. The van der Waals surface area contributed by atoms with E-state index < -0.39 is 21.6 Å². The summed E-state index contributed by atoms with van der Waals surface area (Å²) < 4.78 is 0. The van der Waals surface area contributed by atoms with Gasteiger partial charge in [-0.1, -0.05) is 42.1 Å². The maximum Gasteiger partial charge on any atom is 0.292 e. The second-order valence-electron chi connectivity index (χ2n) is 7.71. The van der Waals surface area contributed by atoms with Crippen molar-refractivity contribution in [1.82, 2.24) is 4.90 Å². The summed E-state index contributed by atoms with van der Waals surface area (Å²) in [5.41, 5.74) is 0.112. The Labute approximate surface area is 178 Å². The Bertz CT molecular complexity index is 1000. The van der Waals surface area contributed by atoms with Crippen LogP contribution in [0.2, 0.25) is 0 Å². The lowest BCUT2D eigenvalue weighted by Gasteiger charge is -2.31. The molecule has 1 fully saturated rings. The second kappa shape index (κ2) is 8.66. The summed E-state index contributed by atoms with van der Waals surface area (Å²) in [5.74, 6) is -0.676. The average Bonchev–Trinajstić information content (AvgIpc) is 2.97. The number of benzene rings is 2. The van der Waals surface area contributed by atoms with Crippen molar-refractivity contribution in [2.75, 3.05) is 5.32 Å². The highest BCUT2D eigenvalue weighted by Gasteiger charge is 2.44. The molecule has 2 amide bonds. The molecule has 0 unspecified atom stereocenters. The number of thioether (sulfide) groups is 1. The lowest BCUT2D eigenvalue weighted by atomic mass is 10.1. The van der Waals surface area contributed by atoms with Gasteiger partial charge in [0.25, 0.3) is 5.69 Å². The van der Waals surface area contributed by atoms with Crippen LogP contribution in [0.15, 0.2) is 59.6 Å². The third-order valence-electron chi connectivity index (χ3n) is 4.33. The number of anilines is 1. The maximum atomic E-state index is 13.1. The van der Waals surface area contributed by atoms with Gasteiger partial charge in [-0.05, 0) is 39.0 Å². The molecule has 3 rings (SSSR count). The minimum absolute atomic E-state index is 0.105. The molecule has 0 spiro atoms. The van der Waals surface area contributed by atoms with Crippen LogP contribution in [0.4, 0.5) is 17.1 Å². The van der Waals surface area contributed by atoms with Crippen molar-refractivity contribution < 1.29 is 14.5 Å². The van der Waals surface area contributed by atoms with E-state index in [0.717, 1.165) is 0 Å². The van der Waals surface area contributed by atoms with Crippen LogP contribution >= 0.6 is 11.8 Å². The molecule has 2 aromatic rings. The fraction of sp³-hybridized carbons (Fsp3) is 0.286. The zero-order valence-electron chi connectivity index (χ0n) is 16.9. The van der Waals surface area contributed by atoms with Crippen LogP contribution in [0.3, 0.4) is 0 Å². The van der Waals surface area contributed by atoms with Gasteiger partial charge < -0.3 is 5.32 Å². The van der Waals surface area contributed by atoms with Crippen LogP contribution in [0.25, 0.3) is 0 Å². The monoisotopic (exact) mass is 426 g/mol. The molecule has 9 heteroatoms. The predicted molar refractivity (Wildman–Crippen MR) is 118 cm³/mol. The highest BCUT2D eigenvalue weighted by atomic mass is 32.2. The predicted octanol–water partition coefficient (Wildman–Crippen LogP) is 4.35. The van der Waals surface area contributed by atoms with Crippen molar-refractivity contribution in [2.24, 2.45) is 4.99 Å². The SMILES string of the molecule is CC(C)(C)N1C(=O)[C@@H](CC(=O)Nc2ccccc2[N+](=O)[O-])SC1=Nc1ccccc1. The number of para-hydroxylation sites is 3. The molecule has 2 aromatic carbocycles. The van der Waals surface area contributed by atoms with E-state index in [1.807, 2.05) is 51.1 Å². The van der Waals surface area contributed by atoms with Gasteiger partial charge in [-0.3, -0.25) is 24.6 Å². The van der Waals surface area contributed by atoms with Crippen molar-refractivity contribution in [1.29, 1.82) is 0 Å². The fourth-order valence-corrected chi connectivity index (χ4v) is 4.34. The molecule has 156 valence electrons. The van der Waals surface area contributed by atoms with Gasteiger partial charge in [-0.25, -0.2) is 4.99 Å². The summed E-state index contributed by atoms with van der Waals surface area (Å²) in [7, 11) is 0. The second-order valence-corrected chi connectivity index (χ2v) is 8.88. The maximum absolute atomic E-state index is 13.1. The Morgan fingerprint density at radius 3 is 2.43 bits per heavy atom. The Balaban J connectivity index is 1.80. The van der Waals surface area contributed by atoms with E-state index in [0.29, 0.717) is 10.9 Å². The zero-order chi connectivity index (χ0) is 21.9. The van der Waals surface area contributed by atoms with Gasteiger partial charge in [-0.15, -0.1) is 0 Å². The summed E-state index contributed by atoms with van der Waals surface area (Å²) in [5, 5.41) is 13.6. The van der Waals surface area contributed by atoms with E-state index in [-0.39, 0.29) is 23.7 Å².